The molecule has 2 aliphatic rings. The summed E-state index contributed by atoms with van der Waals surface area (Å²) in [6, 6.07) is 6.58. The van der Waals surface area contributed by atoms with Crippen molar-refractivity contribution >= 4 is 11.9 Å². The fraction of sp³-hybridized carbons (Fsp3) is 0.586. The molecular formula is C29H39F3N2O4. The minimum atomic E-state index is -4.62. The summed E-state index contributed by atoms with van der Waals surface area (Å²) in [7, 11) is 0. The number of nitrogens with zero attached hydrogens (tertiary/aromatic N) is 1. The SMILES string of the molecule is C1CCC(NC2CCCCC2)CC1.CCOC(=O)c1cn(CC(=O)O)c(-c2ccccc2C(F)(F)F)c1C. The predicted molar refractivity (Wildman–Crippen MR) is 140 cm³/mol. The number of aliphatic carboxylic acids is 1. The van der Waals surface area contributed by atoms with Crippen molar-refractivity contribution in [3.05, 3.63) is 47.2 Å². The van der Waals surface area contributed by atoms with Gasteiger partial charge in [0.25, 0.3) is 0 Å². The Morgan fingerprint density at radius 3 is 2.05 bits per heavy atom. The fourth-order valence-corrected chi connectivity index (χ4v) is 5.51. The first kappa shape index (κ1) is 29.7. The summed E-state index contributed by atoms with van der Waals surface area (Å²) >= 11 is 0. The molecule has 9 heteroatoms. The molecule has 1 aromatic carbocycles. The summed E-state index contributed by atoms with van der Waals surface area (Å²) < 4.78 is 46.0. The van der Waals surface area contributed by atoms with Crippen LogP contribution in [0.2, 0.25) is 0 Å². The Morgan fingerprint density at radius 2 is 1.55 bits per heavy atom. The second-order valence-corrected chi connectivity index (χ2v) is 10.1. The number of nitrogens with one attached hydrogen (secondary N) is 1. The van der Waals surface area contributed by atoms with E-state index in [1.807, 2.05) is 0 Å². The van der Waals surface area contributed by atoms with Gasteiger partial charge in [-0.15, -0.1) is 0 Å². The summed E-state index contributed by atoms with van der Waals surface area (Å²) in [6.07, 6.45) is 11.2. The minimum Gasteiger partial charge on any atom is -0.480 e. The maximum atomic E-state index is 13.3. The molecule has 6 nitrogen and oxygen atoms in total. The first-order valence-electron chi connectivity index (χ1n) is 13.6. The van der Waals surface area contributed by atoms with E-state index >= 15 is 0 Å². The highest BCUT2D eigenvalue weighted by Gasteiger charge is 2.35. The van der Waals surface area contributed by atoms with Crippen molar-refractivity contribution in [1.29, 1.82) is 0 Å². The maximum Gasteiger partial charge on any atom is 0.417 e. The van der Waals surface area contributed by atoms with Crippen molar-refractivity contribution in [1.82, 2.24) is 9.88 Å². The van der Waals surface area contributed by atoms with Crippen LogP contribution in [-0.4, -0.2) is 40.3 Å². The third kappa shape index (κ3) is 8.09. The highest BCUT2D eigenvalue weighted by molar-refractivity contribution is 5.94. The molecule has 0 aliphatic heterocycles. The average molecular weight is 537 g/mol. The third-order valence-corrected chi connectivity index (χ3v) is 7.30. The van der Waals surface area contributed by atoms with Crippen LogP contribution in [0.5, 0.6) is 0 Å². The van der Waals surface area contributed by atoms with Crippen LogP contribution in [0.3, 0.4) is 0 Å². The number of carbonyl (C=O) groups is 2. The Morgan fingerprint density at radius 1 is 1.00 bits per heavy atom. The lowest BCUT2D eigenvalue weighted by atomic mass is 9.91. The number of hydrogen-bond acceptors (Lipinski definition) is 4. The van der Waals surface area contributed by atoms with Crippen molar-refractivity contribution in [2.75, 3.05) is 6.61 Å². The Bertz CT molecular complexity index is 1050. The molecule has 0 bridgehead atoms. The van der Waals surface area contributed by atoms with E-state index in [-0.39, 0.29) is 29.0 Å². The van der Waals surface area contributed by atoms with E-state index in [1.54, 1.807) is 6.92 Å². The molecule has 0 saturated heterocycles. The molecule has 2 fully saturated rings. The number of halogens is 3. The summed E-state index contributed by atoms with van der Waals surface area (Å²) in [6.45, 7) is 2.58. The standard InChI is InChI=1S/C17H16F3NO4.C12H23N/c1-3-25-16(24)12-8-21(9-14(22)23)15(10(12)2)11-6-4-5-7-13(11)17(18,19)20;1-3-7-11(8-4-1)13-12-9-5-2-6-10-12/h4-8H,3,9H2,1-2H3,(H,22,23);11-13H,1-10H2. The summed E-state index contributed by atoms with van der Waals surface area (Å²) in [5, 5.41) is 12.9. The summed E-state index contributed by atoms with van der Waals surface area (Å²) in [5.74, 6) is -1.95. The van der Waals surface area contributed by atoms with Crippen LogP contribution in [0.4, 0.5) is 13.2 Å². The van der Waals surface area contributed by atoms with E-state index in [9.17, 15) is 22.8 Å². The number of carbonyl (C=O) groups excluding carboxylic acids is 1. The lowest BCUT2D eigenvalue weighted by Gasteiger charge is -2.30. The first-order valence-corrected chi connectivity index (χ1v) is 13.6. The largest absolute Gasteiger partial charge is 0.480 e. The molecule has 2 N–H and O–H groups in total. The molecule has 2 aromatic rings. The first-order chi connectivity index (χ1) is 18.1. The number of carboxylic acids is 1. The number of alkyl halides is 3. The van der Waals surface area contributed by atoms with Gasteiger partial charge in [-0.1, -0.05) is 56.7 Å². The molecule has 0 spiro atoms. The number of aromatic nitrogens is 1. The third-order valence-electron chi connectivity index (χ3n) is 7.30. The van der Waals surface area contributed by atoms with Crippen molar-refractivity contribution in [3.8, 4) is 11.3 Å². The zero-order valence-corrected chi connectivity index (χ0v) is 22.3. The monoisotopic (exact) mass is 536 g/mol. The second kappa shape index (κ2) is 13.8. The van der Waals surface area contributed by atoms with Crippen molar-refractivity contribution in [2.45, 2.75) is 103 Å². The Labute approximate surface area is 222 Å². The number of hydrogen-bond donors (Lipinski definition) is 2. The van der Waals surface area contributed by atoms with Gasteiger partial charge in [-0.05, 0) is 51.2 Å². The molecule has 0 radical (unpaired) electrons. The smallest absolute Gasteiger partial charge is 0.417 e. The number of ether oxygens (including phenoxy) is 1. The normalized spacial score (nSPS) is 17.0. The zero-order valence-electron chi connectivity index (χ0n) is 22.3. The quantitative estimate of drug-likeness (QED) is 0.373. The van der Waals surface area contributed by atoms with Gasteiger partial charge >= 0.3 is 18.1 Å². The average Bonchev–Trinajstić information content (AvgIpc) is 3.20. The van der Waals surface area contributed by atoms with Gasteiger partial charge in [-0.2, -0.15) is 13.2 Å². The van der Waals surface area contributed by atoms with Crippen molar-refractivity contribution in [2.24, 2.45) is 0 Å². The van der Waals surface area contributed by atoms with Crippen LogP contribution < -0.4 is 5.32 Å². The summed E-state index contributed by atoms with van der Waals surface area (Å²) in [5.41, 5.74) is -0.799. The van der Waals surface area contributed by atoms with Crippen LogP contribution in [-0.2, 0) is 22.3 Å². The number of carboxylic acid groups (broad SMARTS) is 1. The lowest BCUT2D eigenvalue weighted by Crippen LogP contribution is -2.40. The molecule has 1 heterocycles. The van der Waals surface area contributed by atoms with E-state index in [2.05, 4.69) is 5.32 Å². The molecule has 0 amide bonds. The molecule has 210 valence electrons. The highest BCUT2D eigenvalue weighted by atomic mass is 19.4. The van der Waals surface area contributed by atoms with Gasteiger partial charge in [-0.3, -0.25) is 4.79 Å². The zero-order chi connectivity index (χ0) is 27.7. The van der Waals surface area contributed by atoms with Gasteiger partial charge in [0.15, 0.2) is 0 Å². The van der Waals surface area contributed by atoms with Crippen LogP contribution in [0.25, 0.3) is 11.3 Å². The van der Waals surface area contributed by atoms with E-state index in [1.165, 1.54) is 95.5 Å². The van der Waals surface area contributed by atoms with Crippen LogP contribution in [0.15, 0.2) is 30.5 Å². The van der Waals surface area contributed by atoms with Gasteiger partial charge in [0, 0.05) is 23.8 Å². The van der Waals surface area contributed by atoms with Gasteiger partial charge < -0.3 is 19.7 Å². The van der Waals surface area contributed by atoms with Gasteiger partial charge in [0.1, 0.15) is 6.54 Å². The number of rotatable bonds is 7. The van der Waals surface area contributed by atoms with Crippen LogP contribution >= 0.6 is 0 Å². The minimum absolute atomic E-state index is 0.0263. The molecule has 4 rings (SSSR count). The molecule has 2 aliphatic carbocycles. The predicted octanol–water partition coefficient (Wildman–Crippen LogP) is 6.99. The van der Waals surface area contributed by atoms with Gasteiger partial charge in [0.2, 0.25) is 0 Å². The molecule has 2 saturated carbocycles. The van der Waals surface area contributed by atoms with E-state index in [0.29, 0.717) is 0 Å². The van der Waals surface area contributed by atoms with Gasteiger partial charge in [-0.25, -0.2) is 4.79 Å². The molecule has 0 unspecified atom stereocenters. The Balaban J connectivity index is 0.000000256. The lowest BCUT2D eigenvalue weighted by molar-refractivity contribution is -0.138. The molecular weight excluding hydrogens is 497 g/mol. The Hall–Kier alpha value is -2.81. The molecule has 38 heavy (non-hydrogen) atoms. The van der Waals surface area contributed by atoms with Crippen LogP contribution in [0, 0.1) is 6.92 Å². The topological polar surface area (TPSA) is 80.6 Å². The number of esters is 1. The summed E-state index contributed by atoms with van der Waals surface area (Å²) in [4.78, 5) is 23.1. The Kier molecular flexibility index (Phi) is 10.8. The van der Waals surface area contributed by atoms with Crippen LogP contribution in [0.1, 0.15) is 92.6 Å². The maximum absolute atomic E-state index is 13.3. The van der Waals surface area contributed by atoms with E-state index in [0.717, 1.165) is 22.7 Å². The number of benzene rings is 1. The van der Waals surface area contributed by atoms with Crippen molar-refractivity contribution < 1.29 is 32.6 Å². The van der Waals surface area contributed by atoms with E-state index in [4.69, 9.17) is 9.84 Å². The van der Waals surface area contributed by atoms with Gasteiger partial charge in [0.05, 0.1) is 23.4 Å². The van der Waals surface area contributed by atoms with Crippen molar-refractivity contribution in [3.63, 3.8) is 0 Å². The highest BCUT2D eigenvalue weighted by Crippen LogP contribution is 2.39. The molecule has 0 atom stereocenters. The molecule has 1 aromatic heterocycles. The second-order valence-electron chi connectivity index (χ2n) is 10.1. The fourth-order valence-electron chi connectivity index (χ4n) is 5.51. The van der Waals surface area contributed by atoms with E-state index < -0.39 is 30.2 Å².